The molecule has 2 rings (SSSR count). The third-order valence-corrected chi connectivity index (χ3v) is 7.54. The van der Waals surface area contributed by atoms with Crippen molar-refractivity contribution in [2.45, 2.75) is 95.5 Å². The average Bonchev–Trinajstić information content (AvgIpc) is 3.38. The number of aliphatic hydroxyl groups excluding tert-OH is 1. The minimum absolute atomic E-state index is 0.00434. The predicted molar refractivity (Wildman–Crippen MR) is 154 cm³/mol. The van der Waals surface area contributed by atoms with Crippen LogP contribution in [0.3, 0.4) is 0 Å². The molecule has 0 bridgehead atoms. The molecule has 2 amide bonds. The Balaban J connectivity index is 2.15. The highest BCUT2D eigenvalue weighted by Gasteiger charge is 2.32. The summed E-state index contributed by atoms with van der Waals surface area (Å²) in [4.78, 5) is 28.0. The quantitative estimate of drug-likeness (QED) is 0.232. The number of halogens is 2. The molecular weight excluding hydrogens is 516 g/mol. The van der Waals surface area contributed by atoms with E-state index >= 15 is 0 Å². The first-order chi connectivity index (χ1) is 19.1. The molecule has 7 nitrogen and oxygen atoms in total. The Kier molecular flexibility index (Phi) is 14.5. The summed E-state index contributed by atoms with van der Waals surface area (Å²) in [5.74, 6) is -2.31. The zero-order valence-corrected chi connectivity index (χ0v) is 24.2. The Morgan fingerprint density at radius 2 is 1.90 bits per heavy atom. The molecule has 40 heavy (non-hydrogen) atoms. The minimum atomic E-state index is -1.06. The Hall–Kier alpha value is -2.62. The SMILES string of the molecule is C=CCO[C@@H]1CC[C@H](NC[C@@H](O)[C@H](Cc2cc(F)cc(F)c2)NC(=O)C(CC=C)N(C)C(=O)C(C)CCCC)C1. The van der Waals surface area contributed by atoms with Crippen LogP contribution in [0.25, 0.3) is 0 Å². The van der Waals surface area contributed by atoms with Gasteiger partial charge >= 0.3 is 0 Å². The van der Waals surface area contributed by atoms with Gasteiger partial charge in [-0.05, 0) is 56.2 Å². The Bertz CT molecular complexity index is 956. The monoisotopic (exact) mass is 563 g/mol. The number of benzene rings is 1. The molecule has 6 atom stereocenters. The van der Waals surface area contributed by atoms with Crippen molar-refractivity contribution in [2.24, 2.45) is 5.92 Å². The molecule has 0 aliphatic heterocycles. The first-order valence-electron chi connectivity index (χ1n) is 14.4. The summed E-state index contributed by atoms with van der Waals surface area (Å²) >= 11 is 0. The lowest BCUT2D eigenvalue weighted by Gasteiger charge is -2.32. The van der Waals surface area contributed by atoms with Gasteiger partial charge in [0.25, 0.3) is 0 Å². The topological polar surface area (TPSA) is 90.9 Å². The normalized spacial score (nSPS) is 19.9. The first-order valence-corrected chi connectivity index (χ1v) is 14.4. The molecule has 1 aliphatic carbocycles. The van der Waals surface area contributed by atoms with Gasteiger partial charge in [0.1, 0.15) is 17.7 Å². The van der Waals surface area contributed by atoms with Gasteiger partial charge in [-0.25, -0.2) is 8.78 Å². The van der Waals surface area contributed by atoms with E-state index in [4.69, 9.17) is 4.74 Å². The van der Waals surface area contributed by atoms with Gasteiger partial charge in [0, 0.05) is 31.6 Å². The molecule has 1 fully saturated rings. The molecule has 0 heterocycles. The molecule has 0 aromatic heterocycles. The molecule has 2 unspecified atom stereocenters. The number of nitrogens with one attached hydrogen (secondary N) is 2. The molecule has 0 saturated heterocycles. The van der Waals surface area contributed by atoms with Crippen LogP contribution in [0.5, 0.6) is 0 Å². The second kappa shape index (κ2) is 17.3. The molecule has 1 aliphatic rings. The van der Waals surface area contributed by atoms with Crippen LogP contribution in [0.15, 0.2) is 43.5 Å². The van der Waals surface area contributed by atoms with Crippen LogP contribution in [0.4, 0.5) is 8.78 Å². The fourth-order valence-corrected chi connectivity index (χ4v) is 5.19. The van der Waals surface area contributed by atoms with Crippen molar-refractivity contribution in [2.75, 3.05) is 20.2 Å². The van der Waals surface area contributed by atoms with E-state index in [1.165, 1.54) is 17.0 Å². The maximum atomic E-state index is 13.9. The van der Waals surface area contributed by atoms with Crippen LogP contribution >= 0.6 is 0 Å². The molecule has 1 aromatic carbocycles. The number of amides is 2. The number of ether oxygens (including phenoxy) is 1. The van der Waals surface area contributed by atoms with E-state index in [-0.39, 0.29) is 43.4 Å². The van der Waals surface area contributed by atoms with Crippen molar-refractivity contribution in [3.8, 4) is 0 Å². The molecule has 1 saturated carbocycles. The second-order valence-corrected chi connectivity index (χ2v) is 10.9. The number of aliphatic hydroxyl groups is 1. The second-order valence-electron chi connectivity index (χ2n) is 10.9. The molecular formula is C31H47F2N3O4. The highest BCUT2D eigenvalue weighted by molar-refractivity contribution is 5.88. The van der Waals surface area contributed by atoms with Crippen LogP contribution in [0.1, 0.15) is 64.4 Å². The number of hydrogen-bond donors (Lipinski definition) is 3. The summed E-state index contributed by atoms with van der Waals surface area (Å²) in [6.07, 6.45) is 7.73. The summed E-state index contributed by atoms with van der Waals surface area (Å²) in [6, 6.07) is 1.59. The van der Waals surface area contributed by atoms with Crippen molar-refractivity contribution in [1.29, 1.82) is 0 Å². The summed E-state index contributed by atoms with van der Waals surface area (Å²) in [7, 11) is 1.60. The van der Waals surface area contributed by atoms with E-state index in [2.05, 4.69) is 30.7 Å². The summed E-state index contributed by atoms with van der Waals surface area (Å²) in [5.41, 5.74) is 0.304. The maximum Gasteiger partial charge on any atom is 0.243 e. The van der Waals surface area contributed by atoms with Gasteiger partial charge in [-0.15, -0.1) is 13.2 Å². The fourth-order valence-electron chi connectivity index (χ4n) is 5.19. The summed E-state index contributed by atoms with van der Waals surface area (Å²) in [5, 5.41) is 17.4. The molecule has 3 N–H and O–H groups in total. The molecule has 0 radical (unpaired) electrons. The standard InChI is InChI=1S/C31H47F2N3O4/c1-6-9-11-21(4)31(39)36(5)28(10-7-2)30(38)35-27(17-22-15-23(32)18-24(33)16-22)29(37)20-34-25-12-13-26(19-25)40-14-8-3/h7-8,15-16,18,21,25-29,34,37H,2-3,6,9-14,17,19-20H2,1,4-5H3,(H,35,38)/t21?,25-,26+,27-,28?,29+/m0/s1. The van der Waals surface area contributed by atoms with Crippen LogP contribution in [0.2, 0.25) is 0 Å². The Morgan fingerprint density at radius 1 is 1.20 bits per heavy atom. The van der Waals surface area contributed by atoms with E-state index in [9.17, 15) is 23.5 Å². The number of rotatable bonds is 18. The molecule has 0 spiro atoms. The molecule has 224 valence electrons. The third kappa shape index (κ3) is 10.7. The summed E-state index contributed by atoms with van der Waals surface area (Å²) < 4.78 is 33.6. The zero-order valence-electron chi connectivity index (χ0n) is 24.2. The largest absolute Gasteiger partial charge is 0.390 e. The van der Waals surface area contributed by atoms with Crippen LogP contribution in [0, 0.1) is 17.6 Å². The number of nitrogens with zero attached hydrogens (tertiary/aromatic N) is 1. The molecule has 1 aromatic rings. The Labute approximate surface area is 238 Å². The maximum absolute atomic E-state index is 13.9. The Morgan fingerprint density at radius 3 is 2.52 bits per heavy atom. The lowest BCUT2D eigenvalue weighted by atomic mass is 9.98. The van der Waals surface area contributed by atoms with E-state index < -0.39 is 35.7 Å². The van der Waals surface area contributed by atoms with Gasteiger partial charge < -0.3 is 25.4 Å². The van der Waals surface area contributed by atoms with Crippen molar-refractivity contribution in [1.82, 2.24) is 15.5 Å². The van der Waals surface area contributed by atoms with Gasteiger partial charge in [0.2, 0.25) is 11.8 Å². The minimum Gasteiger partial charge on any atom is -0.390 e. The van der Waals surface area contributed by atoms with E-state index in [0.29, 0.717) is 12.2 Å². The third-order valence-electron chi connectivity index (χ3n) is 7.54. The highest BCUT2D eigenvalue weighted by atomic mass is 19.1. The van der Waals surface area contributed by atoms with Crippen LogP contribution in [-0.4, -0.2) is 72.4 Å². The predicted octanol–water partition coefficient (Wildman–Crippen LogP) is 4.30. The van der Waals surface area contributed by atoms with E-state index in [1.807, 2.05) is 6.92 Å². The van der Waals surface area contributed by atoms with Crippen molar-refractivity contribution in [3.63, 3.8) is 0 Å². The first kappa shape index (κ1) is 33.6. The van der Waals surface area contributed by atoms with Crippen molar-refractivity contribution in [3.05, 3.63) is 60.7 Å². The van der Waals surface area contributed by atoms with Gasteiger partial charge in [0.15, 0.2) is 0 Å². The van der Waals surface area contributed by atoms with Crippen molar-refractivity contribution < 1.29 is 28.2 Å². The number of carbonyl (C=O) groups is 2. The smallest absolute Gasteiger partial charge is 0.243 e. The van der Waals surface area contributed by atoms with Gasteiger partial charge in [-0.2, -0.15) is 0 Å². The lowest BCUT2D eigenvalue weighted by molar-refractivity contribution is -0.142. The number of hydrogen-bond acceptors (Lipinski definition) is 5. The van der Waals surface area contributed by atoms with Gasteiger partial charge in [-0.1, -0.05) is 38.8 Å². The van der Waals surface area contributed by atoms with Gasteiger partial charge in [0.05, 0.1) is 24.9 Å². The van der Waals surface area contributed by atoms with Crippen LogP contribution in [-0.2, 0) is 20.7 Å². The van der Waals surface area contributed by atoms with Gasteiger partial charge in [-0.3, -0.25) is 9.59 Å². The fraction of sp³-hybridized carbons (Fsp3) is 0.613. The molecule has 9 heteroatoms. The number of carbonyl (C=O) groups excluding carboxylic acids is 2. The average molecular weight is 564 g/mol. The van der Waals surface area contributed by atoms with Crippen molar-refractivity contribution >= 4 is 11.8 Å². The highest BCUT2D eigenvalue weighted by Crippen LogP contribution is 2.22. The number of likely N-dealkylation sites (N-methyl/N-ethyl adjacent to an activating group) is 1. The summed E-state index contributed by atoms with van der Waals surface area (Å²) in [6.45, 7) is 12.0. The van der Waals surface area contributed by atoms with E-state index in [0.717, 1.165) is 44.6 Å². The van der Waals surface area contributed by atoms with E-state index in [1.54, 1.807) is 19.2 Å². The number of unbranched alkanes of at least 4 members (excludes halogenated alkanes) is 1. The van der Waals surface area contributed by atoms with Crippen LogP contribution < -0.4 is 10.6 Å². The zero-order chi connectivity index (χ0) is 29.7. The lowest BCUT2D eigenvalue weighted by Crippen LogP contribution is -2.55.